The van der Waals surface area contributed by atoms with Crippen molar-refractivity contribution in [2.24, 2.45) is 0 Å². The van der Waals surface area contributed by atoms with Gasteiger partial charge in [0.15, 0.2) is 0 Å². The Kier molecular flexibility index (Phi) is 8.98. The van der Waals surface area contributed by atoms with Crippen LogP contribution < -0.4 is 9.80 Å². The number of rotatable bonds is 9. The van der Waals surface area contributed by atoms with Gasteiger partial charge in [-0.05, 0) is 148 Å². The van der Waals surface area contributed by atoms with E-state index in [1.54, 1.807) is 0 Å². The van der Waals surface area contributed by atoms with E-state index in [-0.39, 0.29) is 0 Å². The number of nitrogens with zero attached hydrogens (tertiary/aromatic N) is 2. The minimum absolute atomic E-state index is 0.426. The fourth-order valence-corrected chi connectivity index (χ4v) is 11.0. The molecule has 0 unspecified atom stereocenters. The van der Waals surface area contributed by atoms with Gasteiger partial charge in [0.05, 0.1) is 17.1 Å². The van der Waals surface area contributed by atoms with Crippen LogP contribution in [0.4, 0.5) is 22.7 Å². The summed E-state index contributed by atoms with van der Waals surface area (Å²) in [6, 6.07) is 48.7. The van der Waals surface area contributed by atoms with Gasteiger partial charge in [0.2, 0.25) is 0 Å². The lowest BCUT2D eigenvalue weighted by atomic mass is 9.88. The number of hydrogen-bond donors (Lipinski definition) is 0. The van der Waals surface area contributed by atoms with Crippen molar-refractivity contribution in [3.63, 3.8) is 0 Å². The molecule has 0 saturated carbocycles. The van der Waals surface area contributed by atoms with E-state index in [1.807, 2.05) is 6.08 Å². The maximum Gasteiger partial charge on any atom is 0.0561 e. The lowest BCUT2D eigenvalue weighted by Crippen LogP contribution is -2.20. The predicted octanol–water partition coefficient (Wildman–Crippen LogP) is 16.8. The van der Waals surface area contributed by atoms with Crippen LogP contribution in [0.2, 0.25) is 0 Å². The lowest BCUT2D eigenvalue weighted by molar-refractivity contribution is 0.870. The molecule has 3 aliphatic carbocycles. The van der Waals surface area contributed by atoms with Crippen LogP contribution in [0.5, 0.6) is 0 Å². The van der Waals surface area contributed by atoms with Crippen LogP contribution in [0.15, 0.2) is 186 Å². The highest BCUT2D eigenvalue weighted by atomic mass is 15.2. The molecule has 8 aromatic rings. The molecule has 0 spiro atoms. The van der Waals surface area contributed by atoms with Gasteiger partial charge in [0.25, 0.3) is 0 Å². The van der Waals surface area contributed by atoms with E-state index in [9.17, 15) is 0 Å². The zero-order chi connectivity index (χ0) is 42.4. The van der Waals surface area contributed by atoms with Crippen LogP contribution in [0.3, 0.4) is 0 Å². The van der Waals surface area contributed by atoms with E-state index in [0.29, 0.717) is 5.92 Å². The Balaban J connectivity index is 1.27. The molecule has 2 nitrogen and oxygen atoms in total. The third-order valence-corrected chi connectivity index (χ3v) is 13.8. The summed E-state index contributed by atoms with van der Waals surface area (Å²) in [7, 11) is 0. The van der Waals surface area contributed by atoms with Crippen molar-refractivity contribution in [1.82, 2.24) is 0 Å². The third-order valence-electron chi connectivity index (χ3n) is 13.8. The molecule has 0 aromatic heterocycles. The third kappa shape index (κ3) is 5.92. The molecule has 0 bridgehead atoms. The Morgan fingerprint density at radius 2 is 1.18 bits per heavy atom. The van der Waals surface area contributed by atoms with Gasteiger partial charge in [0.1, 0.15) is 0 Å². The van der Waals surface area contributed by atoms with Crippen LogP contribution >= 0.6 is 0 Å². The summed E-state index contributed by atoms with van der Waals surface area (Å²) in [5.41, 5.74) is 23.5. The van der Waals surface area contributed by atoms with Crippen molar-refractivity contribution >= 4 is 55.1 Å². The highest BCUT2D eigenvalue weighted by molar-refractivity contribution is 6.29. The number of fused-ring (bicyclic) bond motifs is 6. The normalized spacial score (nSPS) is 14.5. The zero-order valence-electron chi connectivity index (χ0n) is 36.7. The summed E-state index contributed by atoms with van der Waals surface area (Å²) in [5, 5.41) is 7.74. The molecule has 302 valence electrons. The summed E-state index contributed by atoms with van der Waals surface area (Å²) in [6.45, 7) is 17.7. The zero-order valence-corrected chi connectivity index (χ0v) is 36.7. The van der Waals surface area contributed by atoms with Crippen molar-refractivity contribution in [1.29, 1.82) is 0 Å². The summed E-state index contributed by atoms with van der Waals surface area (Å²) < 4.78 is 0. The Hall–Kier alpha value is -6.90. The van der Waals surface area contributed by atoms with Crippen LogP contribution in [0, 0.1) is 0 Å². The first-order valence-electron chi connectivity index (χ1n) is 22.3. The highest BCUT2D eigenvalue weighted by Gasteiger charge is 2.32. The summed E-state index contributed by atoms with van der Waals surface area (Å²) in [5.74, 6) is 0.426. The molecule has 0 fully saturated rings. The molecule has 0 amide bonds. The van der Waals surface area contributed by atoms with E-state index in [4.69, 9.17) is 0 Å². The second-order valence-electron chi connectivity index (χ2n) is 18.2. The first-order chi connectivity index (χ1) is 30.2. The molecule has 0 aliphatic heterocycles. The Morgan fingerprint density at radius 1 is 0.597 bits per heavy atom. The Bertz CT molecular complexity index is 3290. The van der Waals surface area contributed by atoms with Gasteiger partial charge in [-0.25, -0.2) is 0 Å². The van der Waals surface area contributed by atoms with Crippen molar-refractivity contribution in [3.8, 4) is 22.3 Å². The van der Waals surface area contributed by atoms with Crippen molar-refractivity contribution in [2.75, 3.05) is 9.80 Å². The number of benzene rings is 8. The Labute approximate surface area is 366 Å². The molecule has 0 saturated heterocycles. The van der Waals surface area contributed by atoms with Gasteiger partial charge >= 0.3 is 0 Å². The lowest BCUT2D eigenvalue weighted by Gasteiger charge is -2.34. The summed E-state index contributed by atoms with van der Waals surface area (Å²) in [4.78, 5) is 5.21. The van der Waals surface area contributed by atoms with E-state index in [2.05, 4.69) is 204 Å². The predicted molar refractivity (Wildman–Crippen MR) is 267 cm³/mol. The highest BCUT2D eigenvalue weighted by Crippen LogP contribution is 2.53. The van der Waals surface area contributed by atoms with Gasteiger partial charge in [-0.1, -0.05) is 147 Å². The fraction of sp³-hybridized carbons (Fsp3) is 0.167. The molecule has 62 heavy (non-hydrogen) atoms. The van der Waals surface area contributed by atoms with E-state index >= 15 is 0 Å². The first kappa shape index (κ1) is 38.1. The Morgan fingerprint density at radius 3 is 1.77 bits per heavy atom. The van der Waals surface area contributed by atoms with Crippen LogP contribution in [0.1, 0.15) is 81.7 Å². The fourth-order valence-electron chi connectivity index (χ4n) is 11.0. The average molecular weight is 801 g/mol. The molecule has 0 N–H and O–H groups in total. The van der Waals surface area contributed by atoms with Gasteiger partial charge in [-0.15, -0.1) is 0 Å². The minimum atomic E-state index is 0.426. The number of anilines is 4. The maximum atomic E-state index is 4.06. The van der Waals surface area contributed by atoms with E-state index in [0.717, 1.165) is 30.5 Å². The number of hydrogen-bond acceptors (Lipinski definition) is 2. The van der Waals surface area contributed by atoms with Crippen molar-refractivity contribution in [2.45, 2.75) is 66.7 Å². The van der Waals surface area contributed by atoms with Gasteiger partial charge in [-0.3, -0.25) is 0 Å². The van der Waals surface area contributed by atoms with Crippen LogP contribution in [-0.2, 0) is 12.8 Å². The molecular weight excluding hydrogens is 749 g/mol. The monoisotopic (exact) mass is 800 g/mol. The van der Waals surface area contributed by atoms with Crippen LogP contribution in [-0.4, -0.2) is 0 Å². The topological polar surface area (TPSA) is 6.48 Å². The maximum absolute atomic E-state index is 4.06. The molecule has 11 rings (SSSR count). The quantitative estimate of drug-likeness (QED) is 0.106. The molecule has 0 heterocycles. The second kappa shape index (κ2) is 14.6. The number of allylic oxidation sites excluding steroid dienone is 8. The molecule has 3 aliphatic rings. The largest absolute Gasteiger partial charge is 0.313 e. The standard InChI is InChI=1S/C60H52N2/c1-8-15-37(4)29-40(7)61(54-22-13-20-48-46-18-11-9-16-41(46)33-52(48)54)57-35-58(51-27-25-44-32-45(36(2)3)31-43-24-26-50(57)60(51)59(43)44)62(56-30-38(5)28-39(56)6)55-23-14-21-49-47-19-12-10-17-42(47)34-53(49)55/h8-27,29-32,35-36H,1,28,33-34H2,2-7H3/b37-15-,40-29+. The van der Waals surface area contributed by atoms with Gasteiger partial charge in [0, 0.05) is 46.1 Å². The second-order valence-corrected chi connectivity index (χ2v) is 18.2. The van der Waals surface area contributed by atoms with Gasteiger partial charge in [-0.2, -0.15) is 0 Å². The van der Waals surface area contributed by atoms with Crippen molar-refractivity contribution < 1.29 is 0 Å². The van der Waals surface area contributed by atoms with Crippen LogP contribution in [0.25, 0.3) is 54.6 Å². The average Bonchev–Trinajstić information content (AvgIpc) is 3.96. The smallest absolute Gasteiger partial charge is 0.0561 e. The summed E-state index contributed by atoms with van der Waals surface area (Å²) in [6.07, 6.45) is 11.5. The summed E-state index contributed by atoms with van der Waals surface area (Å²) >= 11 is 0. The van der Waals surface area contributed by atoms with E-state index in [1.165, 1.54) is 122 Å². The van der Waals surface area contributed by atoms with Gasteiger partial charge < -0.3 is 9.80 Å². The minimum Gasteiger partial charge on any atom is -0.313 e. The first-order valence-corrected chi connectivity index (χ1v) is 22.3. The molecule has 8 aromatic carbocycles. The molecule has 2 heteroatoms. The SMILES string of the molecule is C=C/C=C(C)\C=C(/C)N(c1cccc2c1Cc1ccccc1-2)c1cc(N(C2=C(C)CC(C)=C2)c2cccc3c2Cc2ccccc2-3)c2ccc3cc(C(C)C)cc4ccc1c2c34. The van der Waals surface area contributed by atoms with E-state index < -0.39 is 0 Å². The molecule has 0 radical (unpaired) electrons. The van der Waals surface area contributed by atoms with Crippen molar-refractivity contribution in [3.05, 3.63) is 214 Å². The molecular formula is C60H52N2. The molecule has 0 atom stereocenters.